The minimum atomic E-state index is -3.39. The van der Waals surface area contributed by atoms with E-state index in [4.69, 9.17) is 11.6 Å². The second kappa shape index (κ2) is 7.41. The minimum Gasteiger partial charge on any atom is -0.346 e. The molecule has 1 N–H and O–H groups in total. The summed E-state index contributed by atoms with van der Waals surface area (Å²) in [5.41, 5.74) is 1.45. The molecule has 0 bridgehead atoms. The van der Waals surface area contributed by atoms with Crippen LogP contribution in [-0.4, -0.2) is 31.6 Å². The molecule has 8 heteroatoms. The lowest BCUT2D eigenvalue weighted by molar-refractivity contribution is 0.0950. The second-order valence-corrected chi connectivity index (χ2v) is 8.19. The average molecular weight is 380 g/mol. The van der Waals surface area contributed by atoms with Gasteiger partial charge in [0, 0.05) is 18.3 Å². The van der Waals surface area contributed by atoms with Gasteiger partial charge in [0.2, 0.25) is 10.0 Å². The lowest BCUT2D eigenvalue weighted by Crippen LogP contribution is -2.38. The lowest BCUT2D eigenvalue weighted by Gasteiger charge is -2.29. The third kappa shape index (κ3) is 4.11. The number of carbonyl (C=O) groups excluding carboxylic acids is 1. The maximum atomic E-state index is 12.4. The zero-order chi connectivity index (χ0) is 17.9. The van der Waals surface area contributed by atoms with Crippen LogP contribution in [-0.2, 0) is 16.6 Å². The molecule has 1 aliphatic heterocycles. The molecule has 6 nitrogen and oxygen atoms in total. The normalized spacial score (nSPS) is 16.4. The molecule has 2 aromatic rings. The van der Waals surface area contributed by atoms with E-state index in [9.17, 15) is 13.2 Å². The molecule has 0 unspecified atom stereocenters. The Kier molecular flexibility index (Phi) is 5.24. The van der Waals surface area contributed by atoms with Gasteiger partial charge in [-0.15, -0.1) is 0 Å². The van der Waals surface area contributed by atoms with Crippen molar-refractivity contribution in [2.45, 2.75) is 19.4 Å². The van der Waals surface area contributed by atoms with E-state index in [1.165, 1.54) is 10.4 Å². The number of hydrogen-bond donors (Lipinski definition) is 1. The quantitative estimate of drug-likeness (QED) is 0.885. The molecule has 0 spiro atoms. The van der Waals surface area contributed by atoms with Gasteiger partial charge in [-0.05, 0) is 43.2 Å². The largest absolute Gasteiger partial charge is 0.346 e. The highest BCUT2D eigenvalue weighted by Gasteiger charge is 2.28. The Labute approximate surface area is 151 Å². The van der Waals surface area contributed by atoms with Crippen molar-refractivity contribution in [1.29, 1.82) is 0 Å². The van der Waals surface area contributed by atoms with Crippen LogP contribution in [0.2, 0.25) is 5.02 Å². The van der Waals surface area contributed by atoms with Crippen LogP contribution >= 0.6 is 11.6 Å². The summed E-state index contributed by atoms with van der Waals surface area (Å²) >= 11 is 6.19. The number of pyridine rings is 1. The number of anilines is 1. The first kappa shape index (κ1) is 17.7. The van der Waals surface area contributed by atoms with Gasteiger partial charge in [-0.1, -0.05) is 17.7 Å². The monoisotopic (exact) mass is 379 g/mol. The van der Waals surface area contributed by atoms with Crippen LogP contribution < -0.4 is 9.62 Å². The number of amides is 1. The highest BCUT2D eigenvalue weighted by Crippen LogP contribution is 2.31. The van der Waals surface area contributed by atoms with Crippen LogP contribution in [0.5, 0.6) is 0 Å². The summed E-state index contributed by atoms with van der Waals surface area (Å²) in [6.45, 7) is 0.667. The summed E-state index contributed by atoms with van der Waals surface area (Å²) in [7, 11) is -3.39. The molecule has 132 valence electrons. The summed E-state index contributed by atoms with van der Waals surface area (Å²) in [6.07, 6.45) is 3.06. The smallest absolute Gasteiger partial charge is 0.251 e. The SMILES string of the molecule is O=C(NCc1ccccn1)c1ccc(Cl)c(N2CCCCS2(=O)=O)c1. The van der Waals surface area contributed by atoms with E-state index in [0.717, 1.165) is 12.1 Å². The Hall–Kier alpha value is -2.12. The number of sulfonamides is 1. The first-order valence-electron chi connectivity index (χ1n) is 7.95. The van der Waals surface area contributed by atoms with Crippen molar-refractivity contribution in [3.8, 4) is 0 Å². The van der Waals surface area contributed by atoms with Gasteiger partial charge >= 0.3 is 0 Å². The van der Waals surface area contributed by atoms with Gasteiger partial charge in [0.1, 0.15) is 0 Å². The number of carbonyl (C=O) groups is 1. The molecule has 2 heterocycles. The Morgan fingerprint density at radius 3 is 2.80 bits per heavy atom. The van der Waals surface area contributed by atoms with Gasteiger partial charge in [0.05, 0.1) is 28.7 Å². The van der Waals surface area contributed by atoms with Crippen molar-refractivity contribution in [1.82, 2.24) is 10.3 Å². The van der Waals surface area contributed by atoms with E-state index in [2.05, 4.69) is 10.3 Å². The third-order valence-corrected chi connectivity index (χ3v) is 6.16. The molecule has 0 atom stereocenters. The molecule has 1 fully saturated rings. The zero-order valence-corrected chi connectivity index (χ0v) is 15.1. The first-order valence-corrected chi connectivity index (χ1v) is 9.94. The molecule has 1 amide bonds. The van der Waals surface area contributed by atoms with Gasteiger partial charge in [-0.3, -0.25) is 14.1 Å². The molecule has 0 aliphatic carbocycles. The van der Waals surface area contributed by atoms with Crippen LogP contribution in [0, 0.1) is 0 Å². The number of halogens is 1. The summed E-state index contributed by atoms with van der Waals surface area (Å²) in [5, 5.41) is 3.08. The highest BCUT2D eigenvalue weighted by atomic mass is 35.5. The van der Waals surface area contributed by atoms with Crippen LogP contribution in [0.4, 0.5) is 5.69 Å². The summed E-state index contributed by atoms with van der Waals surface area (Å²) in [5.74, 6) is -0.211. The van der Waals surface area contributed by atoms with Crippen molar-refractivity contribution < 1.29 is 13.2 Å². The topological polar surface area (TPSA) is 79.4 Å². The lowest BCUT2D eigenvalue weighted by atomic mass is 10.1. The molecular weight excluding hydrogens is 362 g/mol. The highest BCUT2D eigenvalue weighted by molar-refractivity contribution is 7.92. The molecule has 3 rings (SSSR count). The molecule has 1 saturated heterocycles. The van der Waals surface area contributed by atoms with Crippen LogP contribution in [0.1, 0.15) is 28.9 Å². The molecule has 25 heavy (non-hydrogen) atoms. The van der Waals surface area contributed by atoms with Crippen LogP contribution in [0.3, 0.4) is 0 Å². The number of hydrogen-bond acceptors (Lipinski definition) is 4. The maximum Gasteiger partial charge on any atom is 0.251 e. The van der Waals surface area contributed by atoms with Crippen molar-refractivity contribution >= 4 is 33.2 Å². The maximum absolute atomic E-state index is 12.4. The summed E-state index contributed by atoms with van der Waals surface area (Å²) in [4.78, 5) is 16.5. The summed E-state index contributed by atoms with van der Waals surface area (Å²) in [6, 6.07) is 10.1. The van der Waals surface area contributed by atoms with Crippen LogP contribution in [0.15, 0.2) is 42.6 Å². The fourth-order valence-corrected chi connectivity index (χ4v) is 4.60. The Morgan fingerprint density at radius 2 is 2.08 bits per heavy atom. The number of nitrogens with one attached hydrogen (secondary N) is 1. The van der Waals surface area contributed by atoms with E-state index in [1.807, 2.05) is 12.1 Å². The number of rotatable bonds is 4. The van der Waals surface area contributed by atoms with E-state index in [-0.39, 0.29) is 11.7 Å². The Morgan fingerprint density at radius 1 is 1.24 bits per heavy atom. The van der Waals surface area contributed by atoms with E-state index < -0.39 is 10.0 Å². The molecular formula is C17H18ClN3O3S. The fraction of sp³-hybridized carbons (Fsp3) is 0.294. The fourth-order valence-electron chi connectivity index (χ4n) is 2.68. The molecule has 0 radical (unpaired) electrons. The molecule has 0 saturated carbocycles. The van der Waals surface area contributed by atoms with Gasteiger partial charge in [-0.2, -0.15) is 0 Å². The number of benzene rings is 1. The van der Waals surface area contributed by atoms with Crippen molar-refractivity contribution in [3.05, 3.63) is 58.9 Å². The van der Waals surface area contributed by atoms with Gasteiger partial charge in [0.15, 0.2) is 0 Å². The Bertz CT molecular complexity index is 872. The summed E-state index contributed by atoms with van der Waals surface area (Å²) < 4.78 is 25.9. The van der Waals surface area contributed by atoms with E-state index in [1.54, 1.807) is 24.4 Å². The third-order valence-electron chi connectivity index (χ3n) is 3.98. The van der Waals surface area contributed by atoms with Gasteiger partial charge < -0.3 is 5.32 Å². The predicted octanol–water partition coefficient (Wildman–Crippen LogP) is 2.60. The molecule has 1 aromatic heterocycles. The van der Waals surface area contributed by atoms with Crippen LogP contribution in [0.25, 0.3) is 0 Å². The molecule has 1 aromatic carbocycles. The van der Waals surface area contributed by atoms with E-state index in [0.29, 0.717) is 35.8 Å². The zero-order valence-electron chi connectivity index (χ0n) is 13.5. The van der Waals surface area contributed by atoms with Crippen molar-refractivity contribution in [2.75, 3.05) is 16.6 Å². The van der Waals surface area contributed by atoms with Crippen molar-refractivity contribution in [2.24, 2.45) is 0 Å². The second-order valence-electron chi connectivity index (χ2n) is 5.77. The number of nitrogens with zero attached hydrogens (tertiary/aromatic N) is 2. The van der Waals surface area contributed by atoms with Gasteiger partial charge in [-0.25, -0.2) is 8.42 Å². The number of aromatic nitrogens is 1. The minimum absolute atomic E-state index is 0.0967. The van der Waals surface area contributed by atoms with Gasteiger partial charge in [0.25, 0.3) is 5.91 Å². The molecule has 1 aliphatic rings. The average Bonchev–Trinajstić information content (AvgIpc) is 2.61. The standard InChI is InChI=1S/C17H18ClN3O3S/c18-15-7-6-13(17(22)20-12-14-5-1-2-8-19-14)11-16(15)21-9-3-4-10-25(21,23)24/h1-2,5-8,11H,3-4,9-10,12H2,(H,20,22). The van der Waals surface area contributed by atoms with E-state index >= 15 is 0 Å². The predicted molar refractivity (Wildman–Crippen MR) is 97.2 cm³/mol. The van der Waals surface area contributed by atoms with Crippen molar-refractivity contribution in [3.63, 3.8) is 0 Å². The first-order chi connectivity index (χ1) is 12.0. The Balaban J connectivity index is 1.80.